The molecule has 1 fully saturated rings. The van der Waals surface area contributed by atoms with Gasteiger partial charge < -0.3 is 5.73 Å². The predicted molar refractivity (Wildman–Crippen MR) is 68.0 cm³/mol. The van der Waals surface area contributed by atoms with E-state index in [-0.39, 0.29) is 5.56 Å². The van der Waals surface area contributed by atoms with Crippen molar-refractivity contribution < 1.29 is 8.78 Å². The van der Waals surface area contributed by atoms with Crippen LogP contribution in [0.2, 0.25) is 0 Å². The van der Waals surface area contributed by atoms with Gasteiger partial charge in [-0.15, -0.1) is 0 Å². The van der Waals surface area contributed by atoms with Crippen LogP contribution in [0, 0.1) is 18.6 Å². The Bertz CT molecular complexity index is 413. The maximum atomic E-state index is 14.2. The van der Waals surface area contributed by atoms with E-state index in [1.807, 2.05) is 0 Å². The summed E-state index contributed by atoms with van der Waals surface area (Å²) < 4.78 is 28.7. The average molecular weight is 304 g/mol. The van der Waals surface area contributed by atoms with E-state index in [0.29, 0.717) is 16.6 Å². The Morgan fingerprint density at radius 2 is 1.88 bits per heavy atom. The van der Waals surface area contributed by atoms with E-state index in [4.69, 9.17) is 5.73 Å². The van der Waals surface area contributed by atoms with E-state index >= 15 is 0 Å². The van der Waals surface area contributed by atoms with Gasteiger partial charge in [0.2, 0.25) is 0 Å². The molecule has 0 heterocycles. The highest BCUT2D eigenvalue weighted by Crippen LogP contribution is 2.44. The van der Waals surface area contributed by atoms with Gasteiger partial charge >= 0.3 is 0 Å². The van der Waals surface area contributed by atoms with Crippen molar-refractivity contribution >= 4 is 15.9 Å². The second kappa shape index (κ2) is 4.65. The number of nitrogens with two attached hydrogens (primary N) is 1. The Labute approximate surface area is 109 Å². The van der Waals surface area contributed by atoms with Crippen LogP contribution >= 0.6 is 15.9 Å². The Morgan fingerprint density at radius 3 is 2.41 bits per heavy atom. The molecule has 0 spiro atoms. The molecule has 1 saturated carbocycles. The van der Waals surface area contributed by atoms with Gasteiger partial charge in [0, 0.05) is 17.5 Å². The Morgan fingerprint density at radius 1 is 1.29 bits per heavy atom. The molecule has 4 heteroatoms. The quantitative estimate of drug-likeness (QED) is 0.826. The number of aryl methyl sites for hydroxylation is 1. The molecule has 2 N–H and O–H groups in total. The zero-order valence-electron chi connectivity index (χ0n) is 9.82. The number of halogens is 3. The molecule has 0 unspecified atom stereocenters. The van der Waals surface area contributed by atoms with Gasteiger partial charge in [0.25, 0.3) is 0 Å². The van der Waals surface area contributed by atoms with E-state index in [0.717, 1.165) is 25.7 Å². The second-order valence-corrected chi connectivity index (χ2v) is 5.72. The fourth-order valence-corrected chi connectivity index (χ4v) is 3.34. The lowest BCUT2D eigenvalue weighted by Gasteiger charge is -2.29. The summed E-state index contributed by atoms with van der Waals surface area (Å²) in [5.41, 5.74) is 5.93. The number of benzene rings is 1. The largest absolute Gasteiger partial charge is 0.330 e. The molecule has 1 aliphatic carbocycles. The molecule has 2 rings (SSSR count). The summed E-state index contributed by atoms with van der Waals surface area (Å²) in [5.74, 6) is -0.918. The van der Waals surface area contributed by atoms with Crippen molar-refractivity contribution in [2.75, 3.05) is 6.54 Å². The van der Waals surface area contributed by atoms with E-state index < -0.39 is 17.0 Å². The third-order valence-corrected chi connectivity index (χ3v) is 4.40. The van der Waals surface area contributed by atoms with Crippen molar-refractivity contribution in [1.29, 1.82) is 0 Å². The van der Waals surface area contributed by atoms with Crippen LogP contribution in [0.15, 0.2) is 10.5 Å². The van der Waals surface area contributed by atoms with E-state index in [9.17, 15) is 8.78 Å². The standard InChI is InChI=1S/C13H16BrF2N/c1-8-6-9(14)12(16)10(11(8)15)13(7-17)4-2-3-5-13/h6H,2-5,7,17H2,1H3. The number of hydrogen-bond acceptors (Lipinski definition) is 1. The number of rotatable bonds is 2. The lowest BCUT2D eigenvalue weighted by molar-refractivity contribution is 0.397. The van der Waals surface area contributed by atoms with Gasteiger partial charge in [-0.25, -0.2) is 8.78 Å². The van der Waals surface area contributed by atoms with Crippen molar-refractivity contribution in [3.05, 3.63) is 33.3 Å². The third-order valence-electron chi connectivity index (χ3n) is 3.82. The smallest absolute Gasteiger partial charge is 0.144 e. The first-order valence-electron chi connectivity index (χ1n) is 5.86. The summed E-state index contributed by atoms with van der Waals surface area (Å²) in [6, 6.07) is 1.48. The average Bonchev–Trinajstić information content (AvgIpc) is 2.77. The minimum Gasteiger partial charge on any atom is -0.330 e. The molecular formula is C13H16BrF2N. The van der Waals surface area contributed by atoms with Crippen molar-refractivity contribution in [3.8, 4) is 0 Å². The lowest BCUT2D eigenvalue weighted by Crippen LogP contribution is -2.34. The van der Waals surface area contributed by atoms with E-state index in [2.05, 4.69) is 15.9 Å². The van der Waals surface area contributed by atoms with Crippen LogP contribution in [0.25, 0.3) is 0 Å². The van der Waals surface area contributed by atoms with Gasteiger partial charge in [0.15, 0.2) is 0 Å². The molecular weight excluding hydrogens is 288 g/mol. The first-order valence-corrected chi connectivity index (χ1v) is 6.66. The highest BCUT2D eigenvalue weighted by atomic mass is 79.9. The highest BCUT2D eigenvalue weighted by molar-refractivity contribution is 9.10. The summed E-state index contributed by atoms with van der Waals surface area (Å²) in [6.45, 7) is 1.96. The maximum absolute atomic E-state index is 14.2. The molecule has 94 valence electrons. The van der Waals surface area contributed by atoms with Gasteiger partial charge in [0.05, 0.1) is 4.47 Å². The molecule has 0 atom stereocenters. The Kier molecular flexibility index (Phi) is 3.55. The monoisotopic (exact) mass is 303 g/mol. The zero-order chi connectivity index (χ0) is 12.6. The summed E-state index contributed by atoms with van der Waals surface area (Å²) >= 11 is 3.15. The number of hydrogen-bond donors (Lipinski definition) is 1. The van der Waals surface area contributed by atoms with Crippen molar-refractivity contribution in [2.45, 2.75) is 38.0 Å². The lowest BCUT2D eigenvalue weighted by atomic mass is 9.78. The first kappa shape index (κ1) is 13.0. The molecule has 17 heavy (non-hydrogen) atoms. The van der Waals surface area contributed by atoms with Crippen molar-refractivity contribution in [3.63, 3.8) is 0 Å². The van der Waals surface area contributed by atoms with Crippen molar-refractivity contribution in [1.82, 2.24) is 0 Å². The van der Waals surface area contributed by atoms with Gasteiger partial charge in [0.1, 0.15) is 11.6 Å². The molecule has 1 aromatic carbocycles. The minimum absolute atomic E-state index is 0.185. The predicted octanol–water partition coefficient (Wildman–Crippen LogP) is 3.81. The van der Waals surface area contributed by atoms with Crippen molar-refractivity contribution in [2.24, 2.45) is 5.73 Å². The molecule has 1 aromatic rings. The van der Waals surface area contributed by atoms with Gasteiger partial charge in [-0.3, -0.25) is 0 Å². The van der Waals surface area contributed by atoms with Crippen LogP contribution in [-0.2, 0) is 5.41 Å². The topological polar surface area (TPSA) is 26.0 Å². The Balaban J connectivity index is 2.65. The molecule has 0 radical (unpaired) electrons. The second-order valence-electron chi connectivity index (χ2n) is 4.87. The third kappa shape index (κ3) is 2.02. The van der Waals surface area contributed by atoms with Crippen LogP contribution < -0.4 is 5.73 Å². The minimum atomic E-state index is -0.511. The van der Waals surface area contributed by atoms with E-state index in [1.54, 1.807) is 6.92 Å². The van der Waals surface area contributed by atoms with Gasteiger partial charge in [-0.1, -0.05) is 12.8 Å². The van der Waals surface area contributed by atoms with Crippen LogP contribution in [0.5, 0.6) is 0 Å². The molecule has 0 aromatic heterocycles. The van der Waals surface area contributed by atoms with Crippen LogP contribution in [0.4, 0.5) is 8.78 Å². The summed E-state index contributed by atoms with van der Waals surface area (Å²) in [4.78, 5) is 0. The zero-order valence-corrected chi connectivity index (χ0v) is 11.4. The molecule has 0 bridgehead atoms. The molecule has 0 saturated heterocycles. The molecule has 0 amide bonds. The summed E-state index contributed by atoms with van der Waals surface area (Å²) in [6.07, 6.45) is 3.52. The first-order chi connectivity index (χ1) is 8.02. The molecule has 1 aliphatic rings. The van der Waals surface area contributed by atoms with Crippen LogP contribution in [0.1, 0.15) is 36.8 Å². The molecule has 0 aliphatic heterocycles. The highest BCUT2D eigenvalue weighted by Gasteiger charge is 2.39. The van der Waals surface area contributed by atoms with Crippen LogP contribution in [-0.4, -0.2) is 6.54 Å². The van der Waals surface area contributed by atoms with E-state index in [1.165, 1.54) is 6.07 Å². The molecule has 1 nitrogen and oxygen atoms in total. The fraction of sp³-hybridized carbons (Fsp3) is 0.538. The summed E-state index contributed by atoms with van der Waals surface area (Å²) in [7, 11) is 0. The Hall–Kier alpha value is -0.480. The van der Waals surface area contributed by atoms with Gasteiger partial charge in [-0.2, -0.15) is 0 Å². The van der Waals surface area contributed by atoms with Gasteiger partial charge in [-0.05, 0) is 47.3 Å². The SMILES string of the molecule is Cc1cc(Br)c(F)c(C2(CN)CCCC2)c1F. The van der Waals surface area contributed by atoms with Crippen LogP contribution in [0.3, 0.4) is 0 Å². The summed E-state index contributed by atoms with van der Waals surface area (Å²) in [5, 5.41) is 0. The fourth-order valence-electron chi connectivity index (χ4n) is 2.80. The normalized spacial score (nSPS) is 18.6. The maximum Gasteiger partial charge on any atom is 0.144 e.